The van der Waals surface area contributed by atoms with Crippen LogP contribution in [0.25, 0.3) is 0 Å². The third kappa shape index (κ3) is 4.02. The number of carbonyl (C=O) groups excluding carboxylic acids is 1. The predicted octanol–water partition coefficient (Wildman–Crippen LogP) is 2.34. The van der Waals surface area contributed by atoms with Gasteiger partial charge in [-0.05, 0) is 37.6 Å². The first-order valence-corrected chi connectivity index (χ1v) is 7.43. The molecular formula is C18H18N2O4. The van der Waals surface area contributed by atoms with Crippen LogP contribution in [0.15, 0.2) is 41.3 Å². The summed E-state index contributed by atoms with van der Waals surface area (Å²) < 4.78 is 11.6. The topological polar surface area (TPSA) is 81.3 Å². The Labute approximate surface area is 139 Å². The highest BCUT2D eigenvalue weighted by Gasteiger charge is 2.13. The molecule has 0 aliphatic rings. The molecule has 124 valence electrons. The molecule has 2 aromatic rings. The maximum atomic E-state index is 12.3. The van der Waals surface area contributed by atoms with E-state index in [1.807, 2.05) is 44.2 Å². The van der Waals surface area contributed by atoms with Crippen LogP contribution in [0.2, 0.25) is 0 Å². The van der Waals surface area contributed by atoms with Crippen molar-refractivity contribution in [1.29, 1.82) is 5.26 Å². The predicted molar refractivity (Wildman–Crippen MR) is 88.1 cm³/mol. The van der Waals surface area contributed by atoms with Gasteiger partial charge in [0.2, 0.25) is 0 Å². The number of hydrogen-bond donors (Lipinski definition) is 0. The first kappa shape index (κ1) is 17.3. The van der Waals surface area contributed by atoms with E-state index in [1.165, 1.54) is 23.9 Å². The monoisotopic (exact) mass is 326 g/mol. The maximum Gasteiger partial charge on any atom is 0.339 e. The number of benzene rings is 1. The van der Waals surface area contributed by atoms with E-state index in [0.717, 1.165) is 5.56 Å². The van der Waals surface area contributed by atoms with E-state index in [4.69, 9.17) is 10.00 Å². The number of methoxy groups -OCH3 is 1. The summed E-state index contributed by atoms with van der Waals surface area (Å²) in [6.07, 6.45) is 1.43. The fraction of sp³-hybridized carbons (Fsp3) is 0.278. The van der Waals surface area contributed by atoms with Gasteiger partial charge < -0.3 is 14.0 Å². The van der Waals surface area contributed by atoms with Crippen LogP contribution in [0.5, 0.6) is 5.75 Å². The van der Waals surface area contributed by atoms with Crippen molar-refractivity contribution in [3.8, 4) is 11.8 Å². The summed E-state index contributed by atoms with van der Waals surface area (Å²) in [5, 5.41) is 9.10. The number of ether oxygens (including phenoxy) is 2. The Morgan fingerprint density at radius 1 is 1.33 bits per heavy atom. The van der Waals surface area contributed by atoms with E-state index < -0.39 is 11.5 Å². The number of nitriles is 1. The van der Waals surface area contributed by atoms with E-state index in [9.17, 15) is 9.59 Å². The third-order valence-electron chi connectivity index (χ3n) is 3.25. The number of carbonyl (C=O) groups is 1. The second-order valence-electron chi connectivity index (χ2n) is 5.49. The summed E-state index contributed by atoms with van der Waals surface area (Å²) in [7, 11) is 1.25. The Balaban J connectivity index is 2.41. The first-order chi connectivity index (χ1) is 11.4. The lowest BCUT2D eigenvalue weighted by Crippen LogP contribution is -2.24. The molecule has 1 aromatic heterocycles. The average Bonchev–Trinajstić information content (AvgIpc) is 2.55. The van der Waals surface area contributed by atoms with E-state index in [-0.39, 0.29) is 23.8 Å². The highest BCUT2D eigenvalue weighted by atomic mass is 16.5. The summed E-state index contributed by atoms with van der Waals surface area (Å²) in [6.45, 7) is 4.07. The van der Waals surface area contributed by atoms with Crippen molar-refractivity contribution < 1.29 is 14.3 Å². The standard InChI is InChI=1S/C18H18N2O4/c1-12(2)24-16-6-4-5-13(7-16)10-20-11-15(18(22)23-3)8-14(9-19)17(20)21/h4-8,11-12H,10H2,1-3H3. The van der Waals surface area contributed by atoms with Gasteiger partial charge in [-0.1, -0.05) is 12.1 Å². The van der Waals surface area contributed by atoms with Gasteiger partial charge >= 0.3 is 5.97 Å². The molecule has 0 aliphatic heterocycles. The minimum Gasteiger partial charge on any atom is -0.491 e. The van der Waals surface area contributed by atoms with Crippen molar-refractivity contribution in [3.05, 3.63) is 63.6 Å². The molecule has 0 amide bonds. The molecule has 0 saturated heterocycles. The molecule has 1 aromatic carbocycles. The highest BCUT2D eigenvalue weighted by molar-refractivity contribution is 5.89. The third-order valence-corrected chi connectivity index (χ3v) is 3.25. The van der Waals surface area contributed by atoms with Gasteiger partial charge in [-0.25, -0.2) is 4.79 Å². The number of hydrogen-bond acceptors (Lipinski definition) is 5. The number of pyridine rings is 1. The summed E-state index contributed by atoms with van der Waals surface area (Å²) in [6, 6.07) is 10.4. The molecule has 0 spiro atoms. The van der Waals surface area contributed by atoms with Crippen molar-refractivity contribution >= 4 is 5.97 Å². The van der Waals surface area contributed by atoms with Gasteiger partial charge in [-0.3, -0.25) is 4.79 Å². The molecule has 6 nitrogen and oxygen atoms in total. The molecule has 0 saturated carbocycles. The molecule has 24 heavy (non-hydrogen) atoms. The second kappa shape index (κ2) is 7.47. The average molecular weight is 326 g/mol. The van der Waals surface area contributed by atoms with Crippen LogP contribution < -0.4 is 10.3 Å². The largest absolute Gasteiger partial charge is 0.491 e. The molecule has 0 N–H and O–H groups in total. The normalized spacial score (nSPS) is 10.3. The molecule has 0 bridgehead atoms. The molecule has 0 fully saturated rings. The maximum absolute atomic E-state index is 12.3. The Morgan fingerprint density at radius 3 is 2.71 bits per heavy atom. The number of nitrogens with zero attached hydrogens (tertiary/aromatic N) is 2. The van der Waals surface area contributed by atoms with Crippen LogP contribution in [-0.4, -0.2) is 23.8 Å². The quantitative estimate of drug-likeness (QED) is 0.788. The summed E-state index contributed by atoms with van der Waals surface area (Å²) in [5.74, 6) is 0.0947. The van der Waals surface area contributed by atoms with Gasteiger partial charge in [-0.2, -0.15) is 5.26 Å². The zero-order valence-electron chi connectivity index (χ0n) is 13.8. The summed E-state index contributed by atoms with van der Waals surface area (Å²) in [4.78, 5) is 24.0. The molecular weight excluding hydrogens is 308 g/mol. The van der Waals surface area contributed by atoms with Crippen LogP contribution >= 0.6 is 0 Å². The SMILES string of the molecule is COC(=O)c1cc(C#N)c(=O)n(Cc2cccc(OC(C)C)c2)c1. The van der Waals surface area contributed by atoms with E-state index >= 15 is 0 Å². The van der Waals surface area contributed by atoms with Gasteiger partial charge in [0.25, 0.3) is 5.56 Å². The second-order valence-corrected chi connectivity index (χ2v) is 5.49. The molecule has 0 atom stereocenters. The Hall–Kier alpha value is -3.07. The lowest BCUT2D eigenvalue weighted by atomic mass is 10.1. The number of rotatable bonds is 5. The smallest absolute Gasteiger partial charge is 0.339 e. The molecule has 1 heterocycles. The molecule has 2 rings (SSSR count). The zero-order valence-corrected chi connectivity index (χ0v) is 13.8. The van der Waals surface area contributed by atoms with Crippen molar-refractivity contribution in [2.45, 2.75) is 26.5 Å². The molecule has 6 heteroatoms. The Morgan fingerprint density at radius 2 is 2.08 bits per heavy atom. The van der Waals surface area contributed by atoms with Crippen LogP contribution in [0.1, 0.15) is 35.3 Å². The summed E-state index contributed by atoms with van der Waals surface area (Å²) >= 11 is 0. The van der Waals surface area contributed by atoms with Gasteiger partial charge in [0.15, 0.2) is 0 Å². The fourth-order valence-corrected chi connectivity index (χ4v) is 2.25. The first-order valence-electron chi connectivity index (χ1n) is 7.43. The van der Waals surface area contributed by atoms with E-state index in [0.29, 0.717) is 5.75 Å². The molecule has 0 unspecified atom stereocenters. The van der Waals surface area contributed by atoms with Crippen LogP contribution in [0.4, 0.5) is 0 Å². The minimum absolute atomic E-state index is 0.0378. The Kier molecular flexibility index (Phi) is 5.38. The Bertz CT molecular complexity index is 847. The van der Waals surface area contributed by atoms with Crippen molar-refractivity contribution in [1.82, 2.24) is 4.57 Å². The van der Waals surface area contributed by atoms with Crippen LogP contribution in [-0.2, 0) is 11.3 Å². The molecule has 0 aliphatic carbocycles. The van der Waals surface area contributed by atoms with Gasteiger partial charge in [0, 0.05) is 6.20 Å². The van der Waals surface area contributed by atoms with Crippen molar-refractivity contribution in [2.75, 3.05) is 7.11 Å². The van der Waals surface area contributed by atoms with E-state index in [1.54, 1.807) is 0 Å². The van der Waals surface area contributed by atoms with Gasteiger partial charge in [-0.15, -0.1) is 0 Å². The van der Waals surface area contributed by atoms with E-state index in [2.05, 4.69) is 4.74 Å². The number of aromatic nitrogens is 1. The van der Waals surface area contributed by atoms with Crippen LogP contribution in [0, 0.1) is 11.3 Å². The highest BCUT2D eigenvalue weighted by Crippen LogP contribution is 2.16. The lowest BCUT2D eigenvalue weighted by molar-refractivity contribution is 0.0599. The lowest BCUT2D eigenvalue weighted by Gasteiger charge is -2.12. The van der Waals surface area contributed by atoms with Gasteiger partial charge in [0.1, 0.15) is 17.4 Å². The minimum atomic E-state index is -0.600. The van der Waals surface area contributed by atoms with Crippen LogP contribution in [0.3, 0.4) is 0 Å². The number of esters is 1. The van der Waals surface area contributed by atoms with Gasteiger partial charge in [0.05, 0.1) is 25.3 Å². The summed E-state index contributed by atoms with van der Waals surface area (Å²) in [5.41, 5.74) is 0.414. The zero-order chi connectivity index (χ0) is 17.7. The van der Waals surface area contributed by atoms with Crippen molar-refractivity contribution in [3.63, 3.8) is 0 Å². The van der Waals surface area contributed by atoms with Crippen molar-refractivity contribution in [2.24, 2.45) is 0 Å². The molecule has 0 radical (unpaired) electrons. The fourth-order valence-electron chi connectivity index (χ4n) is 2.25.